The first-order valence-electron chi connectivity index (χ1n) is 27.4. The number of rotatable bonds is 14. The number of hydrogen-bond donors (Lipinski definition) is 2. The van der Waals surface area contributed by atoms with E-state index >= 15 is 0 Å². The molecule has 0 aliphatic heterocycles. The number of ether oxygens (including phenoxy) is 6. The number of halogens is 3. The van der Waals surface area contributed by atoms with Crippen molar-refractivity contribution in [1.82, 2.24) is 55.2 Å². The summed E-state index contributed by atoms with van der Waals surface area (Å²) in [5.74, 6) is 1.29. The molecule has 25 heteroatoms. The van der Waals surface area contributed by atoms with Gasteiger partial charge >= 0.3 is 41.9 Å². The maximum absolute atomic E-state index is 13.2. The van der Waals surface area contributed by atoms with Gasteiger partial charge in [-0.05, 0) is 103 Å². The Morgan fingerprint density at radius 1 is 0.605 bits per heavy atom. The van der Waals surface area contributed by atoms with Gasteiger partial charge in [-0.1, -0.05) is 57.6 Å². The van der Waals surface area contributed by atoms with E-state index in [2.05, 4.69) is 90.9 Å². The molecule has 86 heavy (non-hydrogen) atoms. The van der Waals surface area contributed by atoms with Crippen LogP contribution in [-0.2, 0) is 38.9 Å². The number of aryl methyl sites for hydroxylation is 2. The summed E-state index contributed by atoms with van der Waals surface area (Å²) in [5.41, 5.74) is 14.2. The molecule has 0 saturated heterocycles. The van der Waals surface area contributed by atoms with Gasteiger partial charge in [0.05, 0.1) is 102 Å². The second kappa shape index (κ2) is 38.4. The van der Waals surface area contributed by atoms with Crippen molar-refractivity contribution in [2.45, 2.75) is 123 Å². The van der Waals surface area contributed by atoms with E-state index in [0.717, 1.165) is 77.9 Å². The molecular weight excluding hydrogens is 1310 g/mol. The topological polar surface area (TPSA) is 274 Å². The molecule has 3 fully saturated rings. The van der Waals surface area contributed by atoms with Crippen molar-refractivity contribution in [3.8, 4) is 45.8 Å². The Labute approximate surface area is 534 Å². The Hall–Kier alpha value is -6.72. The molecule has 3 N–H and O–H groups in total. The number of esters is 2. The fourth-order valence-electron chi connectivity index (χ4n) is 9.18. The number of nitrogens with one attached hydrogen (secondary N) is 1. The Kier molecular flexibility index (Phi) is 32.1. The van der Waals surface area contributed by atoms with Gasteiger partial charge in [0.25, 0.3) is 17.7 Å². The summed E-state index contributed by atoms with van der Waals surface area (Å²) in [6, 6.07) is 11.1. The number of methoxy groups -OCH3 is 6. The first kappa shape index (κ1) is 71.8. The van der Waals surface area contributed by atoms with Crippen LogP contribution in [0.2, 0.25) is 5.15 Å². The maximum atomic E-state index is 13.2. The van der Waals surface area contributed by atoms with Crippen molar-refractivity contribution in [2.24, 2.45) is 5.73 Å². The number of aromatic nitrogens is 10. The summed E-state index contributed by atoms with van der Waals surface area (Å²) < 4.78 is 30.2. The second-order valence-corrected chi connectivity index (χ2v) is 20.4. The Morgan fingerprint density at radius 3 is 1.51 bits per heavy atom. The third-order valence-electron chi connectivity index (χ3n) is 13.4. The molecule has 7 aromatic heterocycles. The first-order valence-corrected chi connectivity index (χ1v) is 35.5. The van der Waals surface area contributed by atoms with Crippen LogP contribution in [0.3, 0.4) is 0 Å². The summed E-state index contributed by atoms with van der Waals surface area (Å²) in [7, 11) is 8.83. The molecule has 7 aromatic rings. The van der Waals surface area contributed by atoms with E-state index in [9.17, 15) is 14.4 Å². The summed E-state index contributed by atoms with van der Waals surface area (Å²) >= 11 is 12.9. The van der Waals surface area contributed by atoms with E-state index < -0.39 is 11.9 Å². The number of hydrogen-bond acceptors (Lipinski definition) is 20. The molecule has 0 bridgehead atoms. The summed E-state index contributed by atoms with van der Waals surface area (Å²) in [6.45, 7) is 4.58. The number of nitrogens with two attached hydrogens (primary N) is 1. The van der Waals surface area contributed by atoms with Crippen LogP contribution in [0.1, 0.15) is 162 Å². The molecule has 3 aliphatic carbocycles. The number of pyridine rings is 4. The molecule has 3 saturated carbocycles. The zero-order chi connectivity index (χ0) is 61.7. The van der Waals surface area contributed by atoms with Gasteiger partial charge in [-0.2, -0.15) is 12.8 Å². The van der Waals surface area contributed by atoms with Gasteiger partial charge in [-0.15, -0.1) is 0 Å². The molecular formula is C61H75Br2ClN12O9Zn. The SMILES string of the molecule is C.COC(=O)c1nc(-c2cncc(C)c2)cnc1C1CCCC1.COC(=O)c1nc(Br)cnc1Cl.COc1ccc(CN)nc1OC.COc1ccc(CNC(=O)c2nc(-c3cncc(C)c3)cnc2C2CCCC2)nc1OC.[CH-]1CCCC1.[Zn+][Br]. The fraction of sp³-hybridized carbons (Fsp3) is 0.410. The van der Waals surface area contributed by atoms with E-state index in [1.165, 1.54) is 82.4 Å². The molecule has 456 valence electrons. The quantitative estimate of drug-likeness (QED) is 0.0581. The van der Waals surface area contributed by atoms with Gasteiger partial charge in [0.1, 0.15) is 4.60 Å². The van der Waals surface area contributed by atoms with E-state index in [1.807, 2.05) is 26.0 Å². The fourth-order valence-corrected chi connectivity index (χ4v) is 9.63. The van der Waals surface area contributed by atoms with Crippen molar-refractivity contribution < 1.29 is 59.1 Å². The first-order chi connectivity index (χ1) is 41.2. The van der Waals surface area contributed by atoms with Crippen LogP contribution in [0, 0.1) is 20.3 Å². The molecule has 10 rings (SSSR count). The number of amides is 1. The van der Waals surface area contributed by atoms with Crippen LogP contribution in [-0.4, -0.2) is 110 Å². The van der Waals surface area contributed by atoms with Crippen molar-refractivity contribution >= 4 is 59.0 Å². The summed E-state index contributed by atoms with van der Waals surface area (Å²) in [4.78, 5) is 79.2. The molecule has 7 heterocycles. The van der Waals surface area contributed by atoms with Gasteiger partial charge in [0.15, 0.2) is 33.7 Å². The van der Waals surface area contributed by atoms with Crippen LogP contribution < -0.4 is 30.0 Å². The number of carbonyl (C=O) groups is 3. The predicted octanol–water partition coefficient (Wildman–Crippen LogP) is 12.6. The number of carbonyl (C=O) groups excluding carboxylic acids is 3. The van der Waals surface area contributed by atoms with Gasteiger partial charge in [0, 0.05) is 54.3 Å². The Bertz CT molecular complexity index is 3260. The number of nitrogens with zero attached hydrogens (tertiary/aromatic N) is 10. The van der Waals surface area contributed by atoms with Crippen LogP contribution in [0.4, 0.5) is 0 Å². The Balaban J connectivity index is 0.000000253. The third kappa shape index (κ3) is 21.6. The molecule has 0 radical (unpaired) electrons. The van der Waals surface area contributed by atoms with Gasteiger partial charge in [-0.3, -0.25) is 24.7 Å². The van der Waals surface area contributed by atoms with E-state index in [-0.39, 0.29) is 36.6 Å². The van der Waals surface area contributed by atoms with Crippen LogP contribution in [0.25, 0.3) is 22.5 Å². The molecule has 0 spiro atoms. The summed E-state index contributed by atoms with van der Waals surface area (Å²) in [5, 5.41) is 2.97. The Morgan fingerprint density at radius 2 is 1.07 bits per heavy atom. The molecule has 3 aliphatic rings. The molecule has 0 atom stereocenters. The van der Waals surface area contributed by atoms with Crippen LogP contribution in [0.5, 0.6) is 23.3 Å². The van der Waals surface area contributed by atoms with E-state index in [0.29, 0.717) is 68.8 Å². The van der Waals surface area contributed by atoms with Crippen LogP contribution in [0.15, 0.2) is 84.4 Å². The van der Waals surface area contributed by atoms with Gasteiger partial charge in [-0.25, -0.2) is 39.5 Å². The minimum atomic E-state index is -0.603. The zero-order valence-corrected chi connectivity index (χ0v) is 56.1. The standard InChI is InChI=1S/C24H27N5O3.C17H19N3O2.C8H12N2O2.C6H4BrClN2O2.C5H9.CH4.BrH.Zn/c1-15-10-17(12-25-11-15)19-14-26-21(16-6-4-5-7-16)22(29-19)23(30)27-13-18-8-9-20(31-2)24(28-18)32-3;1-11-7-13(9-18-8-11)14-10-19-15(12-5-3-4-6-12)16(20-14)17(21)22-2;1-11-7-4-3-6(5-9)10-8(7)12-2;1-12-6(11)4-5(8)9-2-3(7)10-4;1-2-4-5-3-1;;;/h8-12,14,16H,4-7,13H2,1-3H3,(H,27,30);7-10,12H,3-6H2,1-2H3;3-4H,5,9H2,1-2H3;2H,1H3;1H,2-5H2;1H4;1H;/q;;;;-1;;;+2/p-1. The molecule has 0 aromatic carbocycles. The molecule has 21 nitrogen and oxygen atoms in total. The molecule has 0 unspecified atom stereocenters. The van der Waals surface area contributed by atoms with E-state index in [1.54, 1.807) is 82.8 Å². The summed E-state index contributed by atoms with van der Waals surface area (Å²) in [6.07, 6.45) is 28.7. The van der Waals surface area contributed by atoms with Crippen molar-refractivity contribution in [1.29, 1.82) is 0 Å². The van der Waals surface area contributed by atoms with Crippen molar-refractivity contribution in [3.05, 3.63) is 147 Å². The van der Waals surface area contributed by atoms with Gasteiger partial charge < -0.3 is 45.9 Å². The average molecular weight is 1380 g/mol. The third-order valence-corrected chi connectivity index (χ3v) is 14.1. The second-order valence-electron chi connectivity index (χ2n) is 19.2. The predicted molar refractivity (Wildman–Crippen MR) is 332 cm³/mol. The van der Waals surface area contributed by atoms with Gasteiger partial charge in [0.2, 0.25) is 0 Å². The minimum absolute atomic E-state index is 0. The monoisotopic (exact) mass is 1380 g/mol. The molecule has 1 amide bonds. The van der Waals surface area contributed by atoms with Crippen molar-refractivity contribution in [3.63, 3.8) is 0 Å². The van der Waals surface area contributed by atoms with Crippen LogP contribution >= 0.6 is 41.2 Å². The average Bonchev–Trinajstić information content (AvgIpc) is 2.55. The van der Waals surface area contributed by atoms with E-state index in [4.69, 9.17) is 46.0 Å². The van der Waals surface area contributed by atoms with Crippen molar-refractivity contribution in [2.75, 3.05) is 42.7 Å². The normalized spacial score (nSPS) is 13.1. The zero-order valence-electron chi connectivity index (χ0n) is 49.2.